The normalized spacial score (nSPS) is 9.64. The first kappa shape index (κ1) is 11.4. The standard InChI is InChI=1S/C9H6Br2O3/c1-14-6-4-2-3-5(8(10)12)7(6)9(11)13/h2-4H,1H3. The molecule has 0 spiro atoms. The molecule has 0 heterocycles. The van der Waals surface area contributed by atoms with E-state index in [4.69, 9.17) is 4.74 Å². The average Bonchev–Trinajstić information content (AvgIpc) is 2.16. The van der Waals surface area contributed by atoms with Crippen molar-refractivity contribution in [2.24, 2.45) is 0 Å². The Balaban J connectivity index is 3.43. The van der Waals surface area contributed by atoms with Crippen molar-refractivity contribution in [2.75, 3.05) is 7.11 Å². The molecule has 0 atom stereocenters. The first-order valence-electron chi connectivity index (χ1n) is 3.64. The van der Waals surface area contributed by atoms with Crippen LogP contribution in [0.4, 0.5) is 0 Å². The summed E-state index contributed by atoms with van der Waals surface area (Å²) in [5.41, 5.74) is 0.517. The molecule has 0 unspecified atom stereocenters. The minimum absolute atomic E-state index is 0.233. The smallest absolute Gasteiger partial charge is 0.232 e. The van der Waals surface area contributed by atoms with Crippen molar-refractivity contribution in [3.8, 4) is 5.75 Å². The van der Waals surface area contributed by atoms with E-state index >= 15 is 0 Å². The second-order valence-electron chi connectivity index (χ2n) is 2.43. The molecular formula is C9H6Br2O3. The first-order chi connectivity index (χ1) is 6.57. The van der Waals surface area contributed by atoms with Gasteiger partial charge in [0, 0.05) is 5.56 Å². The summed E-state index contributed by atoms with van der Waals surface area (Å²) in [6.45, 7) is 0. The van der Waals surface area contributed by atoms with Crippen molar-refractivity contribution in [1.82, 2.24) is 0 Å². The predicted molar refractivity (Wildman–Crippen MR) is 59.5 cm³/mol. The summed E-state index contributed by atoms with van der Waals surface area (Å²) in [7, 11) is 1.44. The highest BCUT2D eigenvalue weighted by Crippen LogP contribution is 2.26. The molecule has 0 bridgehead atoms. The van der Waals surface area contributed by atoms with E-state index in [-0.39, 0.29) is 20.5 Å². The molecule has 0 saturated heterocycles. The Labute approximate surface area is 97.7 Å². The zero-order chi connectivity index (χ0) is 10.7. The Kier molecular flexibility index (Phi) is 3.83. The van der Waals surface area contributed by atoms with Crippen molar-refractivity contribution >= 4 is 41.2 Å². The number of rotatable bonds is 3. The lowest BCUT2D eigenvalue weighted by Gasteiger charge is -2.07. The Morgan fingerprint density at radius 3 is 2.29 bits per heavy atom. The van der Waals surface area contributed by atoms with Crippen LogP contribution in [0.15, 0.2) is 18.2 Å². The van der Waals surface area contributed by atoms with Crippen LogP contribution in [-0.2, 0) is 0 Å². The molecule has 0 aliphatic rings. The van der Waals surface area contributed by atoms with Gasteiger partial charge in [-0.3, -0.25) is 9.59 Å². The van der Waals surface area contributed by atoms with Crippen LogP contribution in [0.2, 0.25) is 0 Å². The van der Waals surface area contributed by atoms with Gasteiger partial charge in [-0.15, -0.1) is 0 Å². The lowest BCUT2D eigenvalue weighted by atomic mass is 10.1. The van der Waals surface area contributed by atoms with Gasteiger partial charge in [-0.2, -0.15) is 0 Å². The van der Waals surface area contributed by atoms with Crippen LogP contribution in [0.5, 0.6) is 5.75 Å². The van der Waals surface area contributed by atoms with E-state index in [2.05, 4.69) is 31.9 Å². The molecule has 14 heavy (non-hydrogen) atoms. The molecule has 1 aromatic rings. The molecule has 0 aromatic heterocycles. The maximum atomic E-state index is 11.2. The van der Waals surface area contributed by atoms with Crippen LogP contribution in [0.1, 0.15) is 20.7 Å². The molecule has 1 rings (SSSR count). The van der Waals surface area contributed by atoms with Crippen LogP contribution in [0.25, 0.3) is 0 Å². The van der Waals surface area contributed by atoms with Crippen LogP contribution in [0, 0.1) is 0 Å². The predicted octanol–water partition coefficient (Wildman–Crippen LogP) is 2.77. The van der Waals surface area contributed by atoms with E-state index in [1.807, 2.05) is 0 Å². The van der Waals surface area contributed by atoms with E-state index in [0.717, 1.165) is 0 Å². The largest absolute Gasteiger partial charge is 0.496 e. The van der Waals surface area contributed by atoms with Crippen LogP contribution >= 0.6 is 31.9 Å². The summed E-state index contributed by atoms with van der Waals surface area (Å²) in [5.74, 6) is 0.372. The van der Waals surface area contributed by atoms with Crippen LogP contribution in [-0.4, -0.2) is 16.5 Å². The maximum absolute atomic E-state index is 11.2. The molecule has 1 aromatic carbocycles. The van der Waals surface area contributed by atoms with Crippen molar-refractivity contribution < 1.29 is 14.3 Å². The molecule has 0 aliphatic carbocycles. The first-order valence-corrected chi connectivity index (χ1v) is 5.23. The van der Waals surface area contributed by atoms with Crippen LogP contribution in [0.3, 0.4) is 0 Å². The molecular weight excluding hydrogens is 316 g/mol. The van der Waals surface area contributed by atoms with Gasteiger partial charge < -0.3 is 4.74 Å². The third-order valence-corrected chi connectivity index (χ3v) is 2.48. The number of ether oxygens (including phenoxy) is 1. The number of benzene rings is 1. The molecule has 0 fully saturated rings. The SMILES string of the molecule is COc1cccc(C(=O)Br)c1C(=O)Br. The lowest BCUT2D eigenvalue weighted by molar-refractivity contribution is 0.106. The van der Waals surface area contributed by atoms with Crippen molar-refractivity contribution in [2.45, 2.75) is 0 Å². The number of hydrogen-bond acceptors (Lipinski definition) is 3. The molecule has 3 nitrogen and oxygen atoms in total. The van der Waals surface area contributed by atoms with Crippen molar-refractivity contribution in [1.29, 1.82) is 0 Å². The summed E-state index contributed by atoms with van der Waals surface area (Å²) >= 11 is 5.60. The van der Waals surface area contributed by atoms with Crippen molar-refractivity contribution in [3.63, 3.8) is 0 Å². The third kappa shape index (κ3) is 2.22. The topological polar surface area (TPSA) is 43.4 Å². The number of hydrogen-bond donors (Lipinski definition) is 0. The summed E-state index contributed by atoms with van der Waals surface area (Å²) in [4.78, 5) is 22.3. The van der Waals surface area contributed by atoms with Gasteiger partial charge in [0.15, 0.2) is 0 Å². The van der Waals surface area contributed by atoms with Gasteiger partial charge in [0.25, 0.3) is 0 Å². The van der Waals surface area contributed by atoms with E-state index in [1.165, 1.54) is 7.11 Å². The van der Waals surface area contributed by atoms with E-state index in [9.17, 15) is 9.59 Å². The van der Waals surface area contributed by atoms with E-state index in [0.29, 0.717) is 5.75 Å². The van der Waals surface area contributed by atoms with Crippen LogP contribution < -0.4 is 4.74 Å². The van der Waals surface area contributed by atoms with E-state index < -0.39 is 0 Å². The second-order valence-corrected chi connectivity index (χ2v) is 3.87. The Hall–Kier alpha value is -0.680. The highest BCUT2D eigenvalue weighted by atomic mass is 79.9. The Morgan fingerprint density at radius 1 is 1.21 bits per heavy atom. The second kappa shape index (κ2) is 4.70. The maximum Gasteiger partial charge on any atom is 0.232 e. The fourth-order valence-electron chi connectivity index (χ4n) is 1.07. The highest BCUT2D eigenvalue weighted by molar-refractivity contribution is 9.18. The Bertz CT molecular complexity index is 388. The third-order valence-electron chi connectivity index (χ3n) is 1.65. The molecule has 0 N–H and O–H groups in total. The van der Waals surface area contributed by atoms with Gasteiger partial charge in [0.1, 0.15) is 5.75 Å². The summed E-state index contributed by atoms with van der Waals surface area (Å²) in [6, 6.07) is 4.81. The van der Waals surface area contributed by atoms with Gasteiger partial charge in [0.05, 0.1) is 12.7 Å². The Morgan fingerprint density at radius 2 is 1.86 bits per heavy atom. The molecule has 0 aliphatic heterocycles. The lowest BCUT2D eigenvalue weighted by Crippen LogP contribution is -2.03. The van der Waals surface area contributed by atoms with Crippen molar-refractivity contribution in [3.05, 3.63) is 29.3 Å². The fourth-order valence-corrected chi connectivity index (χ4v) is 1.81. The average molecular weight is 322 g/mol. The highest BCUT2D eigenvalue weighted by Gasteiger charge is 2.17. The van der Waals surface area contributed by atoms with Gasteiger partial charge in [-0.25, -0.2) is 0 Å². The van der Waals surface area contributed by atoms with Gasteiger partial charge in [-0.1, -0.05) is 6.07 Å². The van der Waals surface area contributed by atoms with E-state index in [1.54, 1.807) is 18.2 Å². The fraction of sp³-hybridized carbons (Fsp3) is 0.111. The number of halogens is 2. The summed E-state index contributed by atoms with van der Waals surface area (Å²) < 4.78 is 4.25. The monoisotopic (exact) mass is 320 g/mol. The number of carbonyl (C=O) groups excluding carboxylic acids is 2. The number of carbonyl (C=O) groups is 2. The van der Waals surface area contributed by atoms with Gasteiger partial charge in [0.2, 0.25) is 9.39 Å². The number of methoxy groups -OCH3 is 1. The molecule has 0 radical (unpaired) electrons. The van der Waals surface area contributed by atoms with Gasteiger partial charge in [-0.05, 0) is 44.0 Å². The molecule has 74 valence electrons. The molecule has 0 saturated carbocycles. The zero-order valence-electron chi connectivity index (χ0n) is 7.21. The molecule has 5 heteroatoms. The quantitative estimate of drug-likeness (QED) is 0.804. The minimum Gasteiger partial charge on any atom is -0.496 e. The molecule has 0 amide bonds. The van der Waals surface area contributed by atoms with Gasteiger partial charge >= 0.3 is 0 Å². The summed E-state index contributed by atoms with van der Waals surface area (Å²) in [6.07, 6.45) is 0. The summed E-state index contributed by atoms with van der Waals surface area (Å²) in [5, 5.41) is 0. The zero-order valence-corrected chi connectivity index (χ0v) is 10.4. The minimum atomic E-state index is -0.377.